The van der Waals surface area contributed by atoms with Gasteiger partial charge >= 0.3 is 39.5 Å². The van der Waals surface area contributed by atoms with Crippen molar-refractivity contribution in [3.63, 3.8) is 0 Å². The number of aliphatic hydroxyl groups is 1. The lowest BCUT2D eigenvalue weighted by molar-refractivity contribution is -0.161. The van der Waals surface area contributed by atoms with Crippen LogP contribution in [0, 0.1) is 0 Å². The van der Waals surface area contributed by atoms with Gasteiger partial charge in [-0.1, -0.05) is 320 Å². The number of carbonyl (C=O) groups is 4. The van der Waals surface area contributed by atoms with Crippen molar-refractivity contribution in [1.82, 2.24) is 0 Å². The second kappa shape index (κ2) is 74.0. The van der Waals surface area contributed by atoms with Gasteiger partial charge in [-0.3, -0.25) is 37.3 Å². The van der Waals surface area contributed by atoms with Gasteiger partial charge in [-0.25, -0.2) is 9.13 Å². The summed E-state index contributed by atoms with van der Waals surface area (Å²) in [4.78, 5) is 73.0. The molecule has 2 unspecified atom stereocenters. The third-order valence-corrected chi connectivity index (χ3v) is 19.4. The predicted molar refractivity (Wildman–Crippen MR) is 409 cm³/mol. The summed E-state index contributed by atoms with van der Waals surface area (Å²) in [6.45, 7) is 4.85. The normalized spacial score (nSPS) is 14.2. The summed E-state index contributed by atoms with van der Waals surface area (Å²) in [6.07, 6.45) is 73.4. The summed E-state index contributed by atoms with van der Waals surface area (Å²) >= 11 is 0. The molecule has 0 aliphatic rings. The van der Waals surface area contributed by atoms with Crippen molar-refractivity contribution >= 4 is 39.5 Å². The van der Waals surface area contributed by atoms with E-state index in [2.05, 4.69) is 76.3 Å². The van der Waals surface area contributed by atoms with Crippen LogP contribution in [-0.2, 0) is 65.4 Å². The molecule has 0 spiro atoms. The zero-order valence-electron chi connectivity index (χ0n) is 63.9. The van der Waals surface area contributed by atoms with Crippen molar-refractivity contribution in [3.8, 4) is 0 Å². The highest BCUT2D eigenvalue weighted by Gasteiger charge is 2.30. The Hall–Kier alpha value is -3.24. The first-order valence-electron chi connectivity index (χ1n) is 40.5. The molecular weight excluding hydrogens is 1310 g/mol. The Balaban J connectivity index is 5.37. The lowest BCUT2D eigenvalue weighted by Gasteiger charge is -2.21. The molecule has 0 fully saturated rings. The van der Waals surface area contributed by atoms with Gasteiger partial charge in [0.25, 0.3) is 0 Å². The van der Waals surface area contributed by atoms with E-state index in [4.69, 9.17) is 37.0 Å². The topological polar surface area (TPSA) is 237 Å². The minimum atomic E-state index is -4.98. The molecule has 0 saturated heterocycles. The fraction of sp³-hybridized carbons (Fsp3) is 0.827. The molecule has 0 heterocycles. The summed E-state index contributed by atoms with van der Waals surface area (Å²) in [5.74, 6) is -2.21. The molecule has 0 aliphatic carbocycles. The Morgan fingerprint density at radius 1 is 0.280 bits per heavy atom. The number of carbonyl (C=O) groups excluding carboxylic acids is 4. The molecule has 0 aromatic carbocycles. The fourth-order valence-corrected chi connectivity index (χ4v) is 12.8. The second-order valence-electron chi connectivity index (χ2n) is 27.4. The van der Waals surface area contributed by atoms with Gasteiger partial charge in [-0.2, -0.15) is 0 Å². The number of esters is 4. The molecule has 584 valence electrons. The summed E-state index contributed by atoms with van der Waals surface area (Å²) in [5, 5.41) is 10.6. The van der Waals surface area contributed by atoms with Crippen LogP contribution in [0.3, 0.4) is 0 Å². The summed E-state index contributed by atoms with van der Waals surface area (Å²) in [6, 6.07) is 0. The number of phosphoric ester groups is 2. The van der Waals surface area contributed by atoms with Gasteiger partial charge in [0, 0.05) is 25.7 Å². The minimum absolute atomic E-state index is 0.0899. The predicted octanol–water partition coefficient (Wildman–Crippen LogP) is 23.5. The molecule has 0 aromatic heterocycles. The Morgan fingerprint density at radius 2 is 0.500 bits per heavy atom. The first kappa shape index (κ1) is 96.8. The largest absolute Gasteiger partial charge is 0.472 e. The van der Waals surface area contributed by atoms with Crippen molar-refractivity contribution in [2.45, 2.75) is 393 Å². The molecule has 5 atom stereocenters. The van der Waals surface area contributed by atoms with E-state index in [9.17, 15) is 43.2 Å². The van der Waals surface area contributed by atoms with E-state index >= 15 is 0 Å². The van der Waals surface area contributed by atoms with Gasteiger partial charge < -0.3 is 33.8 Å². The molecule has 17 nitrogen and oxygen atoms in total. The van der Waals surface area contributed by atoms with E-state index in [1.165, 1.54) is 180 Å². The van der Waals surface area contributed by atoms with Gasteiger partial charge in [-0.05, 0) is 89.9 Å². The standard InChI is InChI=1S/C81H148O17P2/c1-5-9-13-17-21-25-29-33-36-37-40-42-46-50-54-58-62-66-79(84)92-72-77(98-81(86)68-64-60-56-52-48-44-39-35-31-27-23-19-15-11-7-3)74-96-100(89,90)94-70-75(82)69-93-99(87,88)95-73-76(71-91-78(83)65-61-57-53-49-45-41-32-28-24-20-16-12-8-4)97-80(85)67-63-59-55-51-47-43-38-34-30-26-22-18-14-10-6-2/h21,25,33-34,36,38,40,42,50,54,75-77,82H,5-20,22-24,26-32,35,37,39,41,43-49,51-53,55-74H2,1-4H3,(H,87,88)(H,89,90)/b25-21-,36-33-,38-34-,42-40-,54-50-/t75-,76-,77-/m1/s1. The Kier molecular flexibility index (Phi) is 71.6. The number of hydrogen-bond donors (Lipinski definition) is 3. The molecule has 0 radical (unpaired) electrons. The number of allylic oxidation sites excluding steroid dienone is 10. The van der Waals surface area contributed by atoms with Gasteiger partial charge in [-0.15, -0.1) is 0 Å². The maximum Gasteiger partial charge on any atom is 0.472 e. The molecule has 3 N–H and O–H groups in total. The van der Waals surface area contributed by atoms with Crippen LogP contribution >= 0.6 is 15.6 Å². The van der Waals surface area contributed by atoms with E-state index in [1.807, 2.05) is 12.2 Å². The molecular formula is C81H148O17P2. The zero-order valence-corrected chi connectivity index (χ0v) is 65.7. The van der Waals surface area contributed by atoms with Crippen LogP contribution in [0.5, 0.6) is 0 Å². The summed E-state index contributed by atoms with van der Waals surface area (Å²) in [5.41, 5.74) is 0. The van der Waals surface area contributed by atoms with Crippen LogP contribution < -0.4 is 0 Å². The maximum absolute atomic E-state index is 13.1. The van der Waals surface area contributed by atoms with Gasteiger partial charge in [0.1, 0.15) is 19.3 Å². The van der Waals surface area contributed by atoms with Crippen LogP contribution in [0.15, 0.2) is 60.8 Å². The number of hydrogen-bond acceptors (Lipinski definition) is 15. The number of phosphoric acid groups is 2. The van der Waals surface area contributed by atoms with Crippen molar-refractivity contribution in [1.29, 1.82) is 0 Å². The molecule has 0 aromatic rings. The van der Waals surface area contributed by atoms with Crippen molar-refractivity contribution in [2.24, 2.45) is 0 Å². The van der Waals surface area contributed by atoms with Crippen LogP contribution in [0.4, 0.5) is 0 Å². The first-order chi connectivity index (χ1) is 48.7. The minimum Gasteiger partial charge on any atom is -0.462 e. The fourth-order valence-electron chi connectivity index (χ4n) is 11.3. The molecule has 0 rings (SSSR count). The zero-order chi connectivity index (χ0) is 73.2. The van der Waals surface area contributed by atoms with Gasteiger partial charge in [0.05, 0.1) is 26.4 Å². The number of aliphatic hydroxyl groups excluding tert-OH is 1. The van der Waals surface area contributed by atoms with E-state index in [0.29, 0.717) is 32.1 Å². The van der Waals surface area contributed by atoms with Crippen LogP contribution in [-0.4, -0.2) is 96.7 Å². The second-order valence-corrected chi connectivity index (χ2v) is 30.3. The van der Waals surface area contributed by atoms with Gasteiger partial charge in [0.2, 0.25) is 0 Å². The van der Waals surface area contributed by atoms with Gasteiger partial charge in [0.15, 0.2) is 12.2 Å². The van der Waals surface area contributed by atoms with Crippen LogP contribution in [0.25, 0.3) is 0 Å². The van der Waals surface area contributed by atoms with Crippen LogP contribution in [0.1, 0.15) is 374 Å². The van der Waals surface area contributed by atoms with E-state index in [1.54, 1.807) is 0 Å². The third-order valence-electron chi connectivity index (χ3n) is 17.5. The smallest absolute Gasteiger partial charge is 0.462 e. The lowest BCUT2D eigenvalue weighted by Crippen LogP contribution is -2.30. The van der Waals surface area contributed by atoms with E-state index < -0.39 is 97.5 Å². The molecule has 0 bridgehead atoms. The first-order valence-corrected chi connectivity index (χ1v) is 43.5. The SMILES string of the molecule is CCCCC/C=C\C/C=C\C/C=C\C/C=C\CCCC(=O)OC[C@H](COP(=O)(O)OC[C@H](O)COP(=O)(O)OC[C@@H](COC(=O)CCCCCCCCCCCCCCC)OC(=O)CCCCCCC/C=C\CCCCCCCC)OC(=O)CCCCCCCCCCCCCCCCC. The molecule has 19 heteroatoms. The highest BCUT2D eigenvalue weighted by molar-refractivity contribution is 7.47. The Morgan fingerprint density at radius 3 is 0.820 bits per heavy atom. The van der Waals surface area contributed by atoms with E-state index in [-0.39, 0.29) is 25.7 Å². The maximum atomic E-state index is 13.1. The van der Waals surface area contributed by atoms with E-state index in [0.717, 1.165) is 109 Å². The lowest BCUT2D eigenvalue weighted by atomic mass is 10.0. The molecule has 0 amide bonds. The van der Waals surface area contributed by atoms with Crippen molar-refractivity contribution in [3.05, 3.63) is 60.8 Å². The average molecular weight is 1460 g/mol. The molecule has 0 aliphatic heterocycles. The average Bonchev–Trinajstić information content (AvgIpc) is 0.945. The Bertz CT molecular complexity index is 2130. The summed E-state index contributed by atoms with van der Waals surface area (Å²) < 4.78 is 68.6. The highest BCUT2D eigenvalue weighted by atomic mass is 31.2. The summed E-state index contributed by atoms with van der Waals surface area (Å²) in [7, 11) is -9.95. The van der Waals surface area contributed by atoms with Crippen molar-refractivity contribution in [2.75, 3.05) is 39.6 Å². The third kappa shape index (κ3) is 73.1. The van der Waals surface area contributed by atoms with Crippen molar-refractivity contribution < 1.29 is 80.2 Å². The number of ether oxygens (including phenoxy) is 4. The Labute approximate surface area is 610 Å². The number of rotatable bonds is 77. The quantitative estimate of drug-likeness (QED) is 0.0169. The molecule has 100 heavy (non-hydrogen) atoms. The monoisotopic (exact) mass is 1460 g/mol. The number of unbranched alkanes of at least 4 members (excludes halogenated alkanes) is 41. The molecule has 0 saturated carbocycles. The van der Waals surface area contributed by atoms with Crippen LogP contribution in [0.2, 0.25) is 0 Å². The highest BCUT2D eigenvalue weighted by Crippen LogP contribution is 2.45.